The van der Waals surface area contributed by atoms with E-state index >= 15 is 0 Å². The van der Waals surface area contributed by atoms with Crippen molar-refractivity contribution >= 4 is 69.0 Å². The van der Waals surface area contributed by atoms with Gasteiger partial charge in [0.05, 0.1) is 27.2 Å². The van der Waals surface area contributed by atoms with Crippen molar-refractivity contribution in [3.63, 3.8) is 0 Å². The van der Waals surface area contributed by atoms with Gasteiger partial charge in [0.15, 0.2) is 5.17 Å². The summed E-state index contributed by atoms with van der Waals surface area (Å²) in [7, 11) is 0. The molecular formula is C26H20ClF3N4O5S. The minimum absolute atomic E-state index is 0.172. The van der Waals surface area contributed by atoms with Crippen LogP contribution < -0.4 is 5.32 Å². The molecule has 9 nitrogen and oxygen atoms in total. The van der Waals surface area contributed by atoms with Crippen molar-refractivity contribution in [2.24, 2.45) is 4.99 Å². The van der Waals surface area contributed by atoms with Gasteiger partial charge in [-0.25, -0.2) is 4.79 Å². The molecule has 1 saturated heterocycles. The molecule has 2 amide bonds. The van der Waals surface area contributed by atoms with Crippen LogP contribution >= 0.6 is 23.4 Å². The Morgan fingerprint density at radius 2 is 1.93 bits per heavy atom. The van der Waals surface area contributed by atoms with Gasteiger partial charge in [0, 0.05) is 30.2 Å². The SMILES string of the molecule is O=C(O)C(F)(F)F.O=C1N=C(Nc2cc(C(=O)N3CC[C@H](O)C3)ccc2Cl)S/C1=C\c1ccc2ncccc2c1. The van der Waals surface area contributed by atoms with Crippen molar-refractivity contribution in [3.05, 3.63) is 75.8 Å². The number of aromatic nitrogens is 1. The number of β-amino-alcohol motifs (C(OH)–C–C–N with tert-alkyl or cyclic N) is 1. The van der Waals surface area contributed by atoms with Crippen LogP contribution in [0.2, 0.25) is 5.02 Å². The van der Waals surface area contributed by atoms with Gasteiger partial charge in [0.2, 0.25) is 0 Å². The lowest BCUT2D eigenvalue weighted by Crippen LogP contribution is -2.29. The van der Waals surface area contributed by atoms with E-state index in [0.29, 0.717) is 45.9 Å². The summed E-state index contributed by atoms with van der Waals surface area (Å²) in [5, 5.41) is 21.7. The first-order valence-corrected chi connectivity index (χ1v) is 12.8. The number of aliphatic hydroxyl groups is 1. The lowest BCUT2D eigenvalue weighted by molar-refractivity contribution is -0.192. The Hall–Kier alpha value is -3.94. The normalized spacial score (nSPS) is 18.0. The Kier molecular flexibility index (Phi) is 8.76. The maximum absolute atomic E-state index is 12.7. The minimum atomic E-state index is -5.08. The van der Waals surface area contributed by atoms with Gasteiger partial charge in [0.1, 0.15) is 0 Å². The number of aliphatic carboxylic acids is 1. The summed E-state index contributed by atoms with van der Waals surface area (Å²) < 4.78 is 31.7. The number of amidine groups is 1. The number of alkyl halides is 3. The molecule has 2 aromatic carbocycles. The number of anilines is 1. The second-order valence-electron chi connectivity index (χ2n) is 8.60. The molecule has 2 aliphatic heterocycles. The molecule has 208 valence electrons. The summed E-state index contributed by atoms with van der Waals surface area (Å²) in [6.07, 6.45) is -1.47. The summed E-state index contributed by atoms with van der Waals surface area (Å²) in [5.41, 5.74) is 2.70. The fraction of sp³-hybridized carbons (Fsp3) is 0.192. The molecule has 5 rings (SSSR count). The molecule has 3 heterocycles. The van der Waals surface area contributed by atoms with Gasteiger partial charge in [-0.05, 0) is 66.2 Å². The van der Waals surface area contributed by atoms with Crippen molar-refractivity contribution in [2.75, 3.05) is 18.4 Å². The van der Waals surface area contributed by atoms with Crippen LogP contribution in [0.1, 0.15) is 22.3 Å². The highest BCUT2D eigenvalue weighted by molar-refractivity contribution is 8.18. The molecule has 1 fully saturated rings. The highest BCUT2D eigenvalue weighted by Gasteiger charge is 2.38. The third-order valence-electron chi connectivity index (χ3n) is 5.69. The van der Waals surface area contributed by atoms with Crippen molar-refractivity contribution in [2.45, 2.75) is 18.7 Å². The van der Waals surface area contributed by atoms with Gasteiger partial charge < -0.3 is 20.4 Å². The van der Waals surface area contributed by atoms with Gasteiger partial charge in [-0.2, -0.15) is 18.2 Å². The summed E-state index contributed by atoms with van der Waals surface area (Å²) in [5.74, 6) is -3.27. The fourth-order valence-electron chi connectivity index (χ4n) is 3.78. The van der Waals surface area contributed by atoms with E-state index in [1.165, 1.54) is 11.8 Å². The number of pyridine rings is 1. The second-order valence-corrected chi connectivity index (χ2v) is 10.0. The lowest BCUT2D eigenvalue weighted by atomic mass is 10.1. The Balaban J connectivity index is 0.000000470. The molecule has 14 heteroatoms. The largest absolute Gasteiger partial charge is 0.490 e. The lowest BCUT2D eigenvalue weighted by Gasteiger charge is -2.16. The molecule has 40 heavy (non-hydrogen) atoms. The van der Waals surface area contributed by atoms with Crippen LogP contribution in [0.4, 0.5) is 18.9 Å². The first kappa shape index (κ1) is 29.1. The zero-order valence-corrected chi connectivity index (χ0v) is 21.9. The number of likely N-dealkylation sites (tertiary alicyclic amines) is 1. The van der Waals surface area contributed by atoms with Crippen LogP contribution in [0, 0.1) is 0 Å². The molecule has 2 aliphatic rings. The average Bonchev–Trinajstić information content (AvgIpc) is 3.49. The first-order valence-electron chi connectivity index (χ1n) is 11.6. The van der Waals surface area contributed by atoms with Crippen molar-refractivity contribution in [1.29, 1.82) is 0 Å². The first-order chi connectivity index (χ1) is 18.9. The number of aliphatic hydroxyl groups excluding tert-OH is 1. The number of amides is 2. The number of benzene rings is 2. The number of hydrogen-bond acceptors (Lipinski definition) is 7. The van der Waals surface area contributed by atoms with E-state index in [9.17, 15) is 27.9 Å². The smallest absolute Gasteiger partial charge is 0.475 e. The van der Waals surface area contributed by atoms with E-state index < -0.39 is 18.2 Å². The van der Waals surface area contributed by atoms with Crippen molar-refractivity contribution in [3.8, 4) is 0 Å². The second kappa shape index (κ2) is 12.1. The summed E-state index contributed by atoms with van der Waals surface area (Å²) >= 11 is 7.53. The molecule has 0 aliphatic carbocycles. The molecular weight excluding hydrogens is 573 g/mol. The zero-order valence-electron chi connectivity index (χ0n) is 20.4. The maximum Gasteiger partial charge on any atom is 0.490 e. The molecule has 1 atom stereocenters. The Morgan fingerprint density at radius 1 is 1.18 bits per heavy atom. The molecule has 0 saturated carbocycles. The van der Waals surface area contributed by atoms with E-state index in [1.54, 1.807) is 35.4 Å². The number of nitrogens with one attached hydrogen (secondary N) is 1. The van der Waals surface area contributed by atoms with Crippen LogP contribution in [0.15, 0.2) is 64.6 Å². The van der Waals surface area contributed by atoms with Crippen molar-refractivity contribution < 1.29 is 37.8 Å². The van der Waals surface area contributed by atoms with Crippen LogP contribution in [0.3, 0.4) is 0 Å². The van der Waals surface area contributed by atoms with Gasteiger partial charge >= 0.3 is 12.1 Å². The van der Waals surface area contributed by atoms with E-state index in [2.05, 4.69) is 15.3 Å². The minimum Gasteiger partial charge on any atom is -0.475 e. The van der Waals surface area contributed by atoms with Gasteiger partial charge in [-0.3, -0.25) is 14.6 Å². The van der Waals surface area contributed by atoms with E-state index in [1.807, 2.05) is 30.3 Å². The Morgan fingerprint density at radius 3 is 2.60 bits per heavy atom. The summed E-state index contributed by atoms with van der Waals surface area (Å²) in [4.78, 5) is 44.6. The van der Waals surface area contributed by atoms with Gasteiger partial charge in [0.25, 0.3) is 11.8 Å². The van der Waals surface area contributed by atoms with Crippen LogP contribution in [0.25, 0.3) is 17.0 Å². The topological polar surface area (TPSA) is 132 Å². The van der Waals surface area contributed by atoms with E-state index in [-0.39, 0.29) is 11.8 Å². The molecule has 0 unspecified atom stereocenters. The number of carbonyl (C=O) groups excluding carboxylic acids is 2. The predicted octanol–water partition coefficient (Wildman–Crippen LogP) is 4.81. The number of thioether (sulfide) groups is 1. The van der Waals surface area contributed by atoms with Crippen molar-refractivity contribution in [1.82, 2.24) is 9.88 Å². The van der Waals surface area contributed by atoms with Crippen LogP contribution in [0.5, 0.6) is 0 Å². The third kappa shape index (κ3) is 7.17. The zero-order chi connectivity index (χ0) is 29.0. The fourth-order valence-corrected chi connectivity index (χ4v) is 4.77. The number of carbonyl (C=O) groups is 3. The maximum atomic E-state index is 12.7. The highest BCUT2D eigenvalue weighted by Crippen LogP contribution is 2.32. The standard InChI is InChI=1S/C24H19ClN4O3S.C2HF3O2/c25-18-5-4-16(23(32)29-9-7-17(30)13-29)12-20(18)27-24-28-22(31)21(33-24)11-14-3-6-19-15(10-14)2-1-8-26-19;3-2(4,5)1(6)7/h1-6,8,10-12,17,30H,7,9,13H2,(H,27,28,31);(H,6,7)/b21-11-;/t17-;/m0./s1. The number of halogens is 4. The third-order valence-corrected chi connectivity index (χ3v) is 6.92. The van der Waals surface area contributed by atoms with Gasteiger partial charge in [-0.15, -0.1) is 0 Å². The quantitative estimate of drug-likeness (QED) is 0.369. The number of carboxylic acids is 1. The van der Waals surface area contributed by atoms with Crippen LogP contribution in [-0.2, 0) is 9.59 Å². The van der Waals surface area contributed by atoms with E-state index in [4.69, 9.17) is 21.5 Å². The number of rotatable bonds is 3. The highest BCUT2D eigenvalue weighted by atomic mass is 35.5. The predicted molar refractivity (Wildman–Crippen MR) is 145 cm³/mol. The van der Waals surface area contributed by atoms with Crippen LogP contribution in [-0.4, -0.2) is 68.4 Å². The number of aliphatic imine (C=N–C) groups is 1. The van der Waals surface area contributed by atoms with Gasteiger partial charge in [-0.1, -0.05) is 23.7 Å². The number of carboxylic acid groups (broad SMARTS) is 1. The monoisotopic (exact) mass is 592 g/mol. The average molecular weight is 593 g/mol. The number of hydrogen-bond donors (Lipinski definition) is 3. The number of fused-ring (bicyclic) bond motifs is 1. The summed E-state index contributed by atoms with van der Waals surface area (Å²) in [6.45, 7) is 0.835. The molecule has 0 bridgehead atoms. The summed E-state index contributed by atoms with van der Waals surface area (Å²) in [6, 6.07) is 14.5. The Bertz CT molecular complexity index is 1550. The molecule has 3 N–H and O–H groups in total. The molecule has 0 spiro atoms. The molecule has 1 aromatic heterocycles. The van der Waals surface area contributed by atoms with E-state index in [0.717, 1.165) is 16.5 Å². The number of nitrogens with zero attached hydrogens (tertiary/aromatic N) is 3. The Labute approximate surface area is 234 Å². The molecule has 0 radical (unpaired) electrons. The molecule has 3 aromatic rings.